The lowest BCUT2D eigenvalue weighted by atomic mass is 9.96. The second-order valence-electron chi connectivity index (χ2n) is 5.19. The second kappa shape index (κ2) is 6.91. The molecule has 0 aliphatic rings. The molecule has 0 saturated heterocycles. The van der Waals surface area contributed by atoms with Gasteiger partial charge in [-0.1, -0.05) is 19.9 Å². The zero-order valence-corrected chi connectivity index (χ0v) is 11.7. The first kappa shape index (κ1) is 15.2. The summed E-state index contributed by atoms with van der Waals surface area (Å²) in [5, 5.41) is 11.7. The Kier molecular flexibility index (Phi) is 5.53. The highest BCUT2D eigenvalue weighted by molar-refractivity contribution is 5.93. The number of nitriles is 1. The number of carbonyl (C=O) groups excluding carboxylic acids is 1. The molecule has 3 N–H and O–H groups in total. The zero-order valence-electron chi connectivity index (χ0n) is 11.7. The van der Waals surface area contributed by atoms with Crippen LogP contribution in [0, 0.1) is 30.1 Å². The van der Waals surface area contributed by atoms with Gasteiger partial charge < -0.3 is 11.1 Å². The van der Waals surface area contributed by atoms with Crippen LogP contribution >= 0.6 is 0 Å². The molecule has 0 radical (unpaired) electrons. The molecule has 0 bridgehead atoms. The van der Waals surface area contributed by atoms with Crippen LogP contribution in [-0.2, 0) is 4.79 Å². The van der Waals surface area contributed by atoms with Crippen molar-refractivity contribution in [2.45, 2.75) is 27.2 Å². The van der Waals surface area contributed by atoms with Crippen LogP contribution in [0.15, 0.2) is 18.2 Å². The lowest BCUT2D eigenvalue weighted by Crippen LogP contribution is -2.30. The first-order valence-electron chi connectivity index (χ1n) is 6.49. The number of anilines is 1. The molecular formula is C15H21N3O. The molecule has 1 amide bonds. The summed E-state index contributed by atoms with van der Waals surface area (Å²) in [6.07, 6.45) is 0.763. The molecule has 102 valence electrons. The van der Waals surface area contributed by atoms with Gasteiger partial charge in [0.05, 0.1) is 17.6 Å². The van der Waals surface area contributed by atoms with Crippen molar-refractivity contribution in [2.75, 3.05) is 11.9 Å². The van der Waals surface area contributed by atoms with E-state index in [0.29, 0.717) is 23.7 Å². The molecule has 4 nitrogen and oxygen atoms in total. The first-order chi connectivity index (χ1) is 8.97. The van der Waals surface area contributed by atoms with E-state index in [1.54, 1.807) is 12.1 Å². The molecule has 0 aromatic heterocycles. The molecule has 19 heavy (non-hydrogen) atoms. The fourth-order valence-corrected chi connectivity index (χ4v) is 1.94. The molecule has 0 aliphatic heterocycles. The number of amides is 1. The van der Waals surface area contributed by atoms with Gasteiger partial charge in [0, 0.05) is 12.2 Å². The Morgan fingerprint density at radius 1 is 1.47 bits per heavy atom. The molecule has 0 saturated carbocycles. The second-order valence-corrected chi connectivity index (χ2v) is 5.19. The number of hydrogen-bond donors (Lipinski definition) is 2. The minimum Gasteiger partial charge on any atom is -0.330 e. The van der Waals surface area contributed by atoms with Gasteiger partial charge in [-0.05, 0) is 37.0 Å². The molecular weight excluding hydrogens is 238 g/mol. The Labute approximate surface area is 114 Å². The number of benzene rings is 1. The summed E-state index contributed by atoms with van der Waals surface area (Å²) in [5.41, 5.74) is 7.82. The van der Waals surface area contributed by atoms with E-state index in [-0.39, 0.29) is 11.8 Å². The van der Waals surface area contributed by atoms with Gasteiger partial charge in [0.2, 0.25) is 5.91 Å². The van der Waals surface area contributed by atoms with Crippen molar-refractivity contribution < 1.29 is 4.79 Å². The van der Waals surface area contributed by atoms with E-state index < -0.39 is 0 Å². The van der Waals surface area contributed by atoms with Crippen LogP contribution in [-0.4, -0.2) is 12.5 Å². The highest BCUT2D eigenvalue weighted by atomic mass is 16.1. The Hall–Kier alpha value is -1.86. The number of aryl methyl sites for hydroxylation is 1. The van der Waals surface area contributed by atoms with Crippen molar-refractivity contribution in [3.8, 4) is 6.07 Å². The Bertz CT molecular complexity index is 489. The van der Waals surface area contributed by atoms with Gasteiger partial charge in [0.15, 0.2) is 0 Å². The van der Waals surface area contributed by atoms with Crippen molar-refractivity contribution in [2.24, 2.45) is 17.6 Å². The summed E-state index contributed by atoms with van der Waals surface area (Å²) >= 11 is 0. The maximum Gasteiger partial charge on any atom is 0.228 e. The normalized spacial score (nSPS) is 12.0. The predicted molar refractivity (Wildman–Crippen MR) is 76.5 cm³/mol. The average Bonchev–Trinajstić information content (AvgIpc) is 2.38. The maximum atomic E-state index is 12.2. The Morgan fingerprint density at radius 2 is 2.16 bits per heavy atom. The van der Waals surface area contributed by atoms with E-state index in [1.165, 1.54) is 0 Å². The molecule has 1 aromatic rings. The van der Waals surface area contributed by atoms with E-state index in [1.807, 2.05) is 13.0 Å². The fourth-order valence-electron chi connectivity index (χ4n) is 1.94. The lowest BCUT2D eigenvalue weighted by molar-refractivity contribution is -0.120. The van der Waals surface area contributed by atoms with Crippen LogP contribution in [0.2, 0.25) is 0 Å². The minimum atomic E-state index is -0.190. The van der Waals surface area contributed by atoms with Gasteiger partial charge in [-0.25, -0.2) is 0 Å². The summed E-state index contributed by atoms with van der Waals surface area (Å²) in [6.45, 7) is 6.37. The maximum absolute atomic E-state index is 12.2. The van der Waals surface area contributed by atoms with Gasteiger partial charge >= 0.3 is 0 Å². The first-order valence-corrected chi connectivity index (χ1v) is 6.49. The van der Waals surface area contributed by atoms with Gasteiger partial charge in [0.1, 0.15) is 0 Å². The van der Waals surface area contributed by atoms with Crippen molar-refractivity contribution in [1.82, 2.24) is 0 Å². The largest absolute Gasteiger partial charge is 0.330 e. The third-order valence-corrected chi connectivity index (χ3v) is 3.04. The fraction of sp³-hybridized carbons (Fsp3) is 0.467. The molecule has 0 fully saturated rings. The van der Waals surface area contributed by atoms with Crippen LogP contribution in [0.5, 0.6) is 0 Å². The van der Waals surface area contributed by atoms with Crippen molar-refractivity contribution in [1.29, 1.82) is 5.26 Å². The third-order valence-electron chi connectivity index (χ3n) is 3.04. The monoisotopic (exact) mass is 259 g/mol. The number of hydrogen-bond acceptors (Lipinski definition) is 3. The summed E-state index contributed by atoms with van der Waals surface area (Å²) in [5.74, 6) is 0.158. The van der Waals surface area contributed by atoms with Gasteiger partial charge in [-0.15, -0.1) is 0 Å². The molecule has 0 aliphatic carbocycles. The van der Waals surface area contributed by atoms with E-state index in [9.17, 15) is 4.79 Å². The van der Waals surface area contributed by atoms with Crippen molar-refractivity contribution in [3.63, 3.8) is 0 Å². The summed E-state index contributed by atoms with van der Waals surface area (Å²) in [6, 6.07) is 7.32. The average molecular weight is 259 g/mol. The predicted octanol–water partition coefficient (Wildman–Crippen LogP) is 2.43. The summed E-state index contributed by atoms with van der Waals surface area (Å²) in [4.78, 5) is 12.2. The van der Waals surface area contributed by atoms with Crippen LogP contribution in [0.4, 0.5) is 5.69 Å². The number of rotatable bonds is 5. The summed E-state index contributed by atoms with van der Waals surface area (Å²) in [7, 11) is 0. The highest BCUT2D eigenvalue weighted by Gasteiger charge is 2.18. The smallest absolute Gasteiger partial charge is 0.228 e. The SMILES string of the molecule is Cc1ccc(C#N)cc1NC(=O)C(CN)CC(C)C. The van der Waals surface area contributed by atoms with Crippen molar-refractivity contribution >= 4 is 11.6 Å². The zero-order chi connectivity index (χ0) is 14.4. The third kappa shape index (κ3) is 4.38. The highest BCUT2D eigenvalue weighted by Crippen LogP contribution is 2.19. The topological polar surface area (TPSA) is 78.9 Å². The quantitative estimate of drug-likeness (QED) is 0.852. The Balaban J connectivity index is 2.83. The number of carbonyl (C=O) groups is 1. The standard InChI is InChI=1S/C15H21N3O/c1-10(2)6-13(9-17)15(19)18-14-7-12(8-16)5-4-11(14)3/h4-5,7,10,13H,6,9,17H2,1-3H3,(H,18,19). The molecule has 1 unspecified atom stereocenters. The van der Waals surface area contributed by atoms with Crippen LogP contribution in [0.3, 0.4) is 0 Å². The van der Waals surface area contributed by atoms with E-state index in [4.69, 9.17) is 11.0 Å². The van der Waals surface area contributed by atoms with Gasteiger partial charge in [-0.3, -0.25) is 4.79 Å². The molecule has 1 rings (SSSR count). The van der Waals surface area contributed by atoms with E-state index in [2.05, 4.69) is 25.2 Å². The lowest BCUT2D eigenvalue weighted by Gasteiger charge is -2.17. The van der Waals surface area contributed by atoms with Crippen LogP contribution < -0.4 is 11.1 Å². The molecule has 0 spiro atoms. The van der Waals surface area contributed by atoms with Crippen molar-refractivity contribution in [3.05, 3.63) is 29.3 Å². The van der Waals surface area contributed by atoms with Gasteiger partial charge in [-0.2, -0.15) is 5.26 Å². The van der Waals surface area contributed by atoms with Crippen LogP contribution in [0.1, 0.15) is 31.4 Å². The molecule has 4 heteroatoms. The minimum absolute atomic E-state index is 0.0746. The molecule has 1 aromatic carbocycles. The summed E-state index contributed by atoms with van der Waals surface area (Å²) < 4.78 is 0. The number of nitrogens with two attached hydrogens (primary N) is 1. The molecule has 0 heterocycles. The molecule has 1 atom stereocenters. The number of nitrogens with zero attached hydrogens (tertiary/aromatic N) is 1. The number of nitrogens with one attached hydrogen (secondary N) is 1. The van der Waals surface area contributed by atoms with Crippen LogP contribution in [0.25, 0.3) is 0 Å². The Morgan fingerprint density at radius 3 is 2.68 bits per heavy atom. The van der Waals surface area contributed by atoms with E-state index >= 15 is 0 Å². The van der Waals surface area contributed by atoms with E-state index in [0.717, 1.165) is 12.0 Å². The van der Waals surface area contributed by atoms with Gasteiger partial charge in [0.25, 0.3) is 0 Å².